The maximum Gasteiger partial charge on any atom is 0.257 e. The molecule has 0 aliphatic rings. The van der Waals surface area contributed by atoms with Crippen molar-refractivity contribution in [1.82, 2.24) is 5.32 Å². The predicted octanol–water partition coefficient (Wildman–Crippen LogP) is 3.81. The highest BCUT2D eigenvalue weighted by molar-refractivity contribution is 7.10. The fourth-order valence-electron chi connectivity index (χ4n) is 2.29. The van der Waals surface area contributed by atoms with E-state index in [9.17, 15) is 9.18 Å². The predicted molar refractivity (Wildman–Crippen MR) is 89.8 cm³/mol. The number of ether oxygens (including phenoxy) is 1. The summed E-state index contributed by atoms with van der Waals surface area (Å²) in [4.78, 5) is 13.1. The summed E-state index contributed by atoms with van der Waals surface area (Å²) in [5.41, 5.74) is 0. The van der Waals surface area contributed by atoms with E-state index < -0.39 is 5.82 Å². The summed E-state index contributed by atoms with van der Waals surface area (Å²) in [7, 11) is 0. The topological polar surface area (TPSA) is 51.5 Å². The number of nitrogens with one attached hydrogen (secondary N) is 1. The lowest BCUT2D eigenvalue weighted by atomic mass is 10.0. The van der Waals surface area contributed by atoms with Crippen molar-refractivity contribution in [2.45, 2.75) is 5.92 Å². The first-order chi connectivity index (χ1) is 11.7. The summed E-state index contributed by atoms with van der Waals surface area (Å²) >= 11 is 1.60. The number of halogens is 1. The second kappa shape index (κ2) is 7.79. The van der Waals surface area contributed by atoms with Crippen LogP contribution in [-0.2, 0) is 4.79 Å². The van der Waals surface area contributed by atoms with E-state index in [0.717, 1.165) is 10.6 Å². The molecule has 4 nitrogen and oxygen atoms in total. The molecule has 6 heteroatoms. The molecular formula is C18H16FNO3S. The van der Waals surface area contributed by atoms with Gasteiger partial charge in [-0.25, -0.2) is 4.39 Å². The molecule has 0 spiro atoms. The SMILES string of the molecule is O=C(COc1ccccc1F)NC[C@@H](c1ccco1)c1cccs1. The van der Waals surface area contributed by atoms with Crippen molar-refractivity contribution in [3.05, 3.63) is 76.6 Å². The molecule has 1 atom stereocenters. The molecule has 0 fully saturated rings. The second-order valence-electron chi connectivity index (χ2n) is 5.11. The second-order valence-corrected chi connectivity index (χ2v) is 6.09. The molecule has 1 N–H and O–H groups in total. The number of para-hydroxylation sites is 1. The van der Waals surface area contributed by atoms with Crippen molar-refractivity contribution in [2.24, 2.45) is 0 Å². The van der Waals surface area contributed by atoms with E-state index in [4.69, 9.17) is 9.15 Å². The van der Waals surface area contributed by atoms with E-state index in [-0.39, 0.29) is 24.2 Å². The number of carbonyl (C=O) groups is 1. The Labute approximate surface area is 142 Å². The normalized spacial score (nSPS) is 11.9. The zero-order chi connectivity index (χ0) is 16.8. The van der Waals surface area contributed by atoms with Gasteiger partial charge in [-0.1, -0.05) is 18.2 Å². The monoisotopic (exact) mass is 345 g/mol. The van der Waals surface area contributed by atoms with Crippen molar-refractivity contribution in [3.8, 4) is 5.75 Å². The lowest BCUT2D eigenvalue weighted by Gasteiger charge is -2.14. The minimum absolute atomic E-state index is 0.0580. The molecule has 0 saturated heterocycles. The van der Waals surface area contributed by atoms with E-state index in [1.165, 1.54) is 12.1 Å². The van der Waals surface area contributed by atoms with Gasteiger partial charge in [0.2, 0.25) is 0 Å². The van der Waals surface area contributed by atoms with Crippen molar-refractivity contribution in [3.63, 3.8) is 0 Å². The molecule has 0 unspecified atom stereocenters. The van der Waals surface area contributed by atoms with Crippen LogP contribution in [0.1, 0.15) is 16.6 Å². The van der Waals surface area contributed by atoms with E-state index in [1.54, 1.807) is 29.7 Å². The fourth-order valence-corrected chi connectivity index (χ4v) is 3.13. The molecular weight excluding hydrogens is 329 g/mol. The number of hydrogen-bond acceptors (Lipinski definition) is 4. The van der Waals surface area contributed by atoms with Gasteiger partial charge < -0.3 is 14.5 Å². The highest BCUT2D eigenvalue weighted by Crippen LogP contribution is 2.28. The minimum atomic E-state index is -0.489. The van der Waals surface area contributed by atoms with Gasteiger partial charge in [0.05, 0.1) is 12.2 Å². The molecule has 0 aliphatic heterocycles. The van der Waals surface area contributed by atoms with Gasteiger partial charge in [0.1, 0.15) is 5.76 Å². The summed E-state index contributed by atoms with van der Waals surface area (Å²) in [6, 6.07) is 13.7. The van der Waals surface area contributed by atoms with Gasteiger partial charge in [0.25, 0.3) is 5.91 Å². The van der Waals surface area contributed by atoms with Crippen LogP contribution in [0.3, 0.4) is 0 Å². The van der Waals surface area contributed by atoms with Crippen molar-refractivity contribution < 1.29 is 18.3 Å². The molecule has 1 amide bonds. The average Bonchev–Trinajstić information content (AvgIpc) is 3.28. The Morgan fingerprint density at radius 2 is 2.08 bits per heavy atom. The van der Waals surface area contributed by atoms with Crippen molar-refractivity contribution >= 4 is 17.2 Å². The number of carbonyl (C=O) groups excluding carboxylic acids is 1. The maximum absolute atomic E-state index is 13.5. The molecule has 3 rings (SSSR count). The molecule has 0 saturated carbocycles. The van der Waals surface area contributed by atoms with Crippen LogP contribution in [0.5, 0.6) is 5.75 Å². The first-order valence-electron chi connectivity index (χ1n) is 7.45. The molecule has 3 aromatic rings. The van der Waals surface area contributed by atoms with Crippen LogP contribution in [0.2, 0.25) is 0 Å². The smallest absolute Gasteiger partial charge is 0.257 e. The van der Waals surface area contributed by atoms with Crippen molar-refractivity contribution in [1.29, 1.82) is 0 Å². The number of amides is 1. The Morgan fingerprint density at radius 1 is 1.21 bits per heavy atom. The molecule has 2 aromatic heterocycles. The zero-order valence-corrected chi connectivity index (χ0v) is 13.6. The van der Waals surface area contributed by atoms with E-state index in [1.807, 2.05) is 29.6 Å². The van der Waals surface area contributed by atoms with Crippen LogP contribution < -0.4 is 10.1 Å². The lowest BCUT2D eigenvalue weighted by molar-refractivity contribution is -0.123. The summed E-state index contributed by atoms with van der Waals surface area (Å²) in [6.07, 6.45) is 1.61. The molecule has 124 valence electrons. The van der Waals surface area contributed by atoms with Gasteiger partial charge in [-0.2, -0.15) is 0 Å². The van der Waals surface area contributed by atoms with Gasteiger partial charge in [-0.15, -0.1) is 11.3 Å². The quantitative estimate of drug-likeness (QED) is 0.708. The van der Waals surface area contributed by atoms with Gasteiger partial charge in [0, 0.05) is 11.4 Å². The minimum Gasteiger partial charge on any atom is -0.481 e. The Balaban J connectivity index is 1.57. The number of thiophene rings is 1. The Bertz CT molecular complexity index is 737. The standard InChI is InChI=1S/C18H16FNO3S/c19-14-5-1-2-6-16(14)23-12-18(21)20-11-13(15-7-3-9-22-15)17-8-4-10-24-17/h1-10,13H,11-12H2,(H,20,21)/t13-/m0/s1. The molecule has 0 radical (unpaired) electrons. The third-order valence-corrected chi connectivity index (χ3v) is 4.46. The highest BCUT2D eigenvalue weighted by Gasteiger charge is 2.19. The Morgan fingerprint density at radius 3 is 2.79 bits per heavy atom. The lowest BCUT2D eigenvalue weighted by Crippen LogP contribution is -2.32. The molecule has 1 aromatic carbocycles. The zero-order valence-electron chi connectivity index (χ0n) is 12.8. The van der Waals surface area contributed by atoms with Crippen molar-refractivity contribution in [2.75, 3.05) is 13.2 Å². The summed E-state index contributed by atoms with van der Waals surface area (Å²) in [6.45, 7) is 0.143. The highest BCUT2D eigenvalue weighted by atomic mass is 32.1. The molecule has 0 aliphatic carbocycles. The van der Waals surface area contributed by atoms with Gasteiger partial charge in [-0.3, -0.25) is 4.79 Å². The van der Waals surface area contributed by atoms with Crippen LogP contribution in [0.25, 0.3) is 0 Å². The number of hydrogen-bond donors (Lipinski definition) is 1. The summed E-state index contributed by atoms with van der Waals surface area (Å²) in [5.74, 6) is -0.0117. The number of furan rings is 1. The van der Waals surface area contributed by atoms with Gasteiger partial charge in [0.15, 0.2) is 18.2 Å². The first-order valence-corrected chi connectivity index (χ1v) is 8.33. The maximum atomic E-state index is 13.5. The fraction of sp³-hybridized carbons (Fsp3) is 0.167. The Hall–Kier alpha value is -2.60. The molecule has 0 bridgehead atoms. The van der Waals surface area contributed by atoms with Crippen LogP contribution >= 0.6 is 11.3 Å². The largest absolute Gasteiger partial charge is 0.481 e. The van der Waals surface area contributed by atoms with E-state index in [2.05, 4.69) is 5.32 Å². The summed E-state index contributed by atoms with van der Waals surface area (Å²) in [5, 5.41) is 4.79. The van der Waals surface area contributed by atoms with E-state index >= 15 is 0 Å². The van der Waals surface area contributed by atoms with Crippen LogP contribution in [0, 0.1) is 5.82 Å². The first kappa shape index (κ1) is 16.3. The van der Waals surface area contributed by atoms with Crippen LogP contribution in [-0.4, -0.2) is 19.1 Å². The van der Waals surface area contributed by atoms with Gasteiger partial charge >= 0.3 is 0 Å². The average molecular weight is 345 g/mol. The number of benzene rings is 1. The molecule has 2 heterocycles. The van der Waals surface area contributed by atoms with Gasteiger partial charge in [-0.05, 0) is 35.7 Å². The third-order valence-electron chi connectivity index (χ3n) is 3.47. The van der Waals surface area contributed by atoms with Crippen LogP contribution in [0.15, 0.2) is 64.6 Å². The third kappa shape index (κ3) is 4.02. The van der Waals surface area contributed by atoms with E-state index in [0.29, 0.717) is 6.54 Å². The number of rotatable bonds is 7. The Kier molecular flexibility index (Phi) is 5.28. The summed E-state index contributed by atoms with van der Waals surface area (Å²) < 4.78 is 24.1. The van der Waals surface area contributed by atoms with Crippen LogP contribution in [0.4, 0.5) is 4.39 Å². The molecule has 24 heavy (non-hydrogen) atoms.